The Bertz CT molecular complexity index is 1280. The van der Waals surface area contributed by atoms with E-state index in [-0.39, 0.29) is 6.61 Å². The molecule has 0 radical (unpaired) electrons. The summed E-state index contributed by atoms with van der Waals surface area (Å²) in [5.41, 5.74) is 1.76. The van der Waals surface area contributed by atoms with Gasteiger partial charge in [0.1, 0.15) is 36.3 Å². The van der Waals surface area contributed by atoms with E-state index < -0.39 is 18.0 Å². The zero-order valence-corrected chi connectivity index (χ0v) is 19.7. The molecule has 1 saturated heterocycles. The lowest BCUT2D eigenvalue weighted by molar-refractivity contribution is -0.117. The fraction of sp³-hybridized carbons (Fsp3) is 0.333. The van der Waals surface area contributed by atoms with E-state index in [1.807, 2.05) is 19.1 Å². The highest BCUT2D eigenvalue weighted by Crippen LogP contribution is 2.36. The van der Waals surface area contributed by atoms with Crippen molar-refractivity contribution in [3.05, 3.63) is 41.7 Å². The second-order valence-corrected chi connectivity index (χ2v) is 8.74. The van der Waals surface area contributed by atoms with E-state index in [9.17, 15) is 9.59 Å². The number of ether oxygens (including phenoxy) is 3. The van der Waals surface area contributed by atoms with Gasteiger partial charge in [0, 0.05) is 17.1 Å². The number of halogens is 1. The molecule has 0 spiro atoms. The number of nitrogens with zero attached hydrogens (tertiary/aromatic N) is 2. The molecule has 1 aromatic heterocycles. The van der Waals surface area contributed by atoms with Crippen molar-refractivity contribution < 1.29 is 23.8 Å². The molecule has 2 heterocycles. The number of amides is 2. The molecule has 1 aliphatic heterocycles. The van der Waals surface area contributed by atoms with Crippen LogP contribution in [0.15, 0.2) is 36.7 Å². The maximum absolute atomic E-state index is 12.7. The van der Waals surface area contributed by atoms with Crippen LogP contribution in [0.4, 0.5) is 22.0 Å². The Balaban J connectivity index is 1.41. The molecule has 2 aliphatic rings. The standard InChI is InChI=1S/C24H24ClN5O5/c1-2-33-21-9-17-15(8-18(21)29-23(31)19-11-35-24(32)30-19)22(27-12-26-17)28-14-5-6-20(16(25)7-14)34-10-13-3-4-13/h5-9,12-13,19H,2-4,10-11H2,1H3,(H,29,31)(H,30,32)(H,26,27,28)/t19-/m0/s1. The first kappa shape index (κ1) is 23.0. The molecule has 1 aliphatic carbocycles. The molecule has 0 bridgehead atoms. The molecule has 5 rings (SSSR count). The van der Waals surface area contributed by atoms with Crippen LogP contribution in [0.2, 0.25) is 5.02 Å². The average molecular weight is 498 g/mol. The van der Waals surface area contributed by atoms with Crippen molar-refractivity contribution in [3.63, 3.8) is 0 Å². The molecular weight excluding hydrogens is 474 g/mol. The zero-order valence-electron chi connectivity index (χ0n) is 19.0. The number of hydrogen-bond acceptors (Lipinski definition) is 8. The number of alkyl carbamates (subject to hydrolysis) is 1. The van der Waals surface area contributed by atoms with Gasteiger partial charge in [-0.1, -0.05) is 11.6 Å². The van der Waals surface area contributed by atoms with Crippen molar-refractivity contribution in [2.24, 2.45) is 5.92 Å². The van der Waals surface area contributed by atoms with E-state index in [0.717, 1.165) is 5.69 Å². The van der Waals surface area contributed by atoms with Crippen molar-refractivity contribution in [3.8, 4) is 11.5 Å². The zero-order chi connectivity index (χ0) is 24.4. The van der Waals surface area contributed by atoms with Gasteiger partial charge in [-0.15, -0.1) is 0 Å². The predicted molar refractivity (Wildman–Crippen MR) is 131 cm³/mol. The van der Waals surface area contributed by atoms with Crippen molar-refractivity contribution >= 4 is 51.7 Å². The molecule has 35 heavy (non-hydrogen) atoms. The van der Waals surface area contributed by atoms with Crippen LogP contribution < -0.4 is 25.4 Å². The summed E-state index contributed by atoms with van der Waals surface area (Å²) in [6.45, 7) is 2.87. The third-order valence-corrected chi connectivity index (χ3v) is 5.95. The molecule has 10 nitrogen and oxygen atoms in total. The fourth-order valence-corrected chi connectivity index (χ4v) is 3.86. The van der Waals surface area contributed by atoms with Crippen LogP contribution >= 0.6 is 11.6 Å². The molecule has 2 amide bonds. The number of benzene rings is 2. The van der Waals surface area contributed by atoms with E-state index in [0.29, 0.717) is 58.1 Å². The minimum Gasteiger partial charge on any atom is -0.492 e. The quantitative estimate of drug-likeness (QED) is 0.400. The number of fused-ring (bicyclic) bond motifs is 1. The molecule has 0 unspecified atom stereocenters. The molecule has 182 valence electrons. The average Bonchev–Trinajstić information content (AvgIpc) is 3.57. The highest BCUT2D eigenvalue weighted by Gasteiger charge is 2.29. The van der Waals surface area contributed by atoms with Crippen molar-refractivity contribution in [2.45, 2.75) is 25.8 Å². The van der Waals surface area contributed by atoms with Crippen molar-refractivity contribution in [1.82, 2.24) is 15.3 Å². The van der Waals surface area contributed by atoms with E-state index in [1.165, 1.54) is 19.2 Å². The summed E-state index contributed by atoms with van der Waals surface area (Å²) in [4.78, 5) is 32.7. The first-order chi connectivity index (χ1) is 17.0. The maximum Gasteiger partial charge on any atom is 0.407 e. The fourth-order valence-electron chi connectivity index (χ4n) is 3.63. The summed E-state index contributed by atoms with van der Waals surface area (Å²) in [5, 5.41) is 9.69. The van der Waals surface area contributed by atoms with Gasteiger partial charge in [0.05, 0.1) is 29.4 Å². The third-order valence-electron chi connectivity index (χ3n) is 5.65. The summed E-state index contributed by atoms with van der Waals surface area (Å²) in [6.07, 6.45) is 3.22. The van der Waals surface area contributed by atoms with Crippen LogP contribution in [0.3, 0.4) is 0 Å². The third kappa shape index (κ3) is 5.32. The number of aromatic nitrogens is 2. The first-order valence-electron chi connectivity index (χ1n) is 11.3. The molecule has 2 fully saturated rings. The topological polar surface area (TPSA) is 124 Å². The highest BCUT2D eigenvalue weighted by atomic mass is 35.5. The van der Waals surface area contributed by atoms with Crippen LogP contribution in [0.1, 0.15) is 19.8 Å². The predicted octanol–water partition coefficient (Wildman–Crippen LogP) is 4.26. The number of rotatable bonds is 9. The number of hydrogen-bond donors (Lipinski definition) is 3. The Kier molecular flexibility index (Phi) is 6.45. The second kappa shape index (κ2) is 9.83. The summed E-state index contributed by atoms with van der Waals surface area (Å²) in [5.74, 6) is 1.82. The van der Waals surface area contributed by atoms with E-state index in [1.54, 1.807) is 18.2 Å². The second-order valence-electron chi connectivity index (χ2n) is 8.33. The molecule has 3 N–H and O–H groups in total. The van der Waals surface area contributed by atoms with Crippen LogP contribution in [-0.4, -0.2) is 47.8 Å². The van der Waals surface area contributed by atoms with Crippen LogP contribution in [0, 0.1) is 5.92 Å². The normalized spacial score (nSPS) is 17.0. The Morgan fingerprint density at radius 2 is 2.06 bits per heavy atom. The van der Waals surface area contributed by atoms with Gasteiger partial charge >= 0.3 is 6.09 Å². The molecule has 3 aromatic rings. The van der Waals surface area contributed by atoms with E-state index >= 15 is 0 Å². The van der Waals surface area contributed by atoms with Gasteiger partial charge in [0.15, 0.2) is 0 Å². The van der Waals surface area contributed by atoms with Gasteiger partial charge in [-0.25, -0.2) is 14.8 Å². The van der Waals surface area contributed by atoms with Gasteiger partial charge in [0.2, 0.25) is 0 Å². The summed E-state index contributed by atoms with van der Waals surface area (Å²) >= 11 is 6.43. The minimum atomic E-state index is -0.792. The van der Waals surface area contributed by atoms with Gasteiger partial charge in [-0.2, -0.15) is 0 Å². The van der Waals surface area contributed by atoms with Gasteiger partial charge in [0.25, 0.3) is 5.91 Å². The molecule has 1 saturated carbocycles. The summed E-state index contributed by atoms with van der Waals surface area (Å²) in [7, 11) is 0. The lowest BCUT2D eigenvalue weighted by Crippen LogP contribution is -2.38. The Morgan fingerprint density at radius 3 is 2.77 bits per heavy atom. The Labute approximate surface area is 206 Å². The summed E-state index contributed by atoms with van der Waals surface area (Å²) < 4.78 is 16.3. The maximum atomic E-state index is 12.7. The first-order valence-corrected chi connectivity index (χ1v) is 11.7. The van der Waals surface area contributed by atoms with E-state index in [2.05, 4.69) is 25.9 Å². The Morgan fingerprint density at radius 1 is 1.20 bits per heavy atom. The number of anilines is 3. The van der Waals surface area contributed by atoms with E-state index in [4.69, 9.17) is 25.8 Å². The lowest BCUT2D eigenvalue weighted by Gasteiger charge is -2.16. The number of carbonyl (C=O) groups excluding carboxylic acids is 2. The lowest BCUT2D eigenvalue weighted by atomic mass is 10.1. The van der Waals surface area contributed by atoms with Gasteiger partial charge in [-0.3, -0.25) is 4.79 Å². The minimum absolute atomic E-state index is 0.0424. The monoisotopic (exact) mass is 497 g/mol. The SMILES string of the molecule is CCOc1cc2ncnc(Nc3ccc(OCC4CC4)c(Cl)c3)c2cc1NC(=O)[C@@H]1COC(=O)N1. The molecule has 11 heteroatoms. The van der Waals surface area contributed by atoms with Crippen LogP contribution in [0.5, 0.6) is 11.5 Å². The molecular formula is C24H24ClN5O5. The van der Waals surface area contributed by atoms with Crippen molar-refractivity contribution in [1.29, 1.82) is 0 Å². The number of nitrogens with one attached hydrogen (secondary N) is 3. The number of carbonyl (C=O) groups is 2. The largest absolute Gasteiger partial charge is 0.492 e. The van der Waals surface area contributed by atoms with Crippen LogP contribution in [-0.2, 0) is 9.53 Å². The van der Waals surface area contributed by atoms with Gasteiger partial charge in [-0.05, 0) is 49.9 Å². The highest BCUT2D eigenvalue weighted by molar-refractivity contribution is 6.32. The molecule has 1 atom stereocenters. The Hall–Kier alpha value is -3.79. The van der Waals surface area contributed by atoms with Crippen molar-refractivity contribution in [2.75, 3.05) is 30.5 Å². The molecule has 2 aromatic carbocycles. The van der Waals surface area contributed by atoms with Gasteiger partial charge < -0.3 is 30.2 Å². The summed E-state index contributed by atoms with van der Waals surface area (Å²) in [6, 6.07) is 8.13. The smallest absolute Gasteiger partial charge is 0.407 e. The number of cyclic esters (lactones) is 1. The van der Waals surface area contributed by atoms with Crippen LogP contribution in [0.25, 0.3) is 10.9 Å².